The molecule has 1 heterocycles. The third-order valence-electron chi connectivity index (χ3n) is 2.92. The molecule has 0 spiro atoms. The molecule has 1 amide bonds. The molecule has 0 atom stereocenters. The zero-order valence-corrected chi connectivity index (χ0v) is 11.4. The van der Waals surface area contributed by atoms with E-state index in [-0.39, 0.29) is 18.1 Å². The molecule has 0 bridgehead atoms. The Bertz CT molecular complexity index is 442. The Hall–Kier alpha value is -1.92. The van der Waals surface area contributed by atoms with Crippen LogP contribution < -0.4 is 5.32 Å². The van der Waals surface area contributed by atoms with E-state index in [0.29, 0.717) is 12.2 Å². The van der Waals surface area contributed by atoms with Crippen LogP contribution in [0.2, 0.25) is 0 Å². The fourth-order valence-corrected chi connectivity index (χ4v) is 1.75. The summed E-state index contributed by atoms with van der Waals surface area (Å²) < 4.78 is 1.35. The van der Waals surface area contributed by atoms with E-state index in [1.165, 1.54) is 17.3 Å². The third kappa shape index (κ3) is 4.69. The number of carbonyl (C=O) groups excluding carboxylic acids is 1. The Morgan fingerprint density at radius 1 is 1.47 bits per heavy atom. The summed E-state index contributed by atoms with van der Waals surface area (Å²) in [4.78, 5) is 21.8. The topological polar surface area (TPSA) is 90.1 Å². The summed E-state index contributed by atoms with van der Waals surface area (Å²) in [6.07, 6.45) is 5.55. The van der Waals surface area contributed by atoms with E-state index >= 15 is 0 Å². The molecule has 7 nitrogen and oxygen atoms in total. The lowest BCUT2D eigenvalue weighted by Gasteiger charge is -2.06. The molecule has 7 heteroatoms. The van der Waals surface area contributed by atoms with Crippen molar-refractivity contribution < 1.29 is 9.72 Å². The highest BCUT2D eigenvalue weighted by atomic mass is 16.6. The maximum atomic E-state index is 11.6. The van der Waals surface area contributed by atoms with Crippen molar-refractivity contribution in [3.8, 4) is 0 Å². The monoisotopic (exact) mass is 268 g/mol. The van der Waals surface area contributed by atoms with E-state index in [9.17, 15) is 14.9 Å². The summed E-state index contributed by atoms with van der Waals surface area (Å²) in [5.41, 5.74) is 0.335. The lowest BCUT2D eigenvalue weighted by Crippen LogP contribution is -2.29. The van der Waals surface area contributed by atoms with Crippen LogP contribution in [-0.2, 0) is 11.3 Å². The number of hydrogen-bond acceptors (Lipinski definition) is 4. The first-order valence-corrected chi connectivity index (χ1v) is 6.49. The molecule has 0 aromatic carbocycles. The third-order valence-corrected chi connectivity index (χ3v) is 2.92. The minimum absolute atomic E-state index is 0.0213. The minimum Gasteiger partial charge on any atom is -0.354 e. The van der Waals surface area contributed by atoms with Crippen molar-refractivity contribution in [1.29, 1.82) is 0 Å². The quantitative estimate of drug-likeness (QED) is 0.442. The van der Waals surface area contributed by atoms with Crippen LogP contribution >= 0.6 is 0 Å². The minimum atomic E-state index is -0.499. The van der Waals surface area contributed by atoms with Crippen molar-refractivity contribution in [2.24, 2.45) is 0 Å². The van der Waals surface area contributed by atoms with Gasteiger partial charge in [0, 0.05) is 6.54 Å². The molecule has 0 saturated heterocycles. The van der Waals surface area contributed by atoms with Crippen molar-refractivity contribution in [1.82, 2.24) is 15.1 Å². The summed E-state index contributed by atoms with van der Waals surface area (Å²) in [5.74, 6) is -0.169. The number of nitrogens with zero attached hydrogens (tertiary/aromatic N) is 3. The van der Waals surface area contributed by atoms with Crippen LogP contribution in [0, 0.1) is 17.0 Å². The van der Waals surface area contributed by atoms with Crippen molar-refractivity contribution >= 4 is 11.6 Å². The van der Waals surface area contributed by atoms with Gasteiger partial charge < -0.3 is 5.32 Å². The van der Waals surface area contributed by atoms with Crippen molar-refractivity contribution in [2.45, 2.75) is 46.1 Å². The first kappa shape index (κ1) is 15.1. The van der Waals surface area contributed by atoms with Gasteiger partial charge in [0.1, 0.15) is 18.4 Å². The van der Waals surface area contributed by atoms with Gasteiger partial charge in [-0.3, -0.25) is 19.6 Å². The Balaban J connectivity index is 2.38. The van der Waals surface area contributed by atoms with Gasteiger partial charge in [-0.2, -0.15) is 5.10 Å². The van der Waals surface area contributed by atoms with E-state index in [1.807, 2.05) is 0 Å². The van der Waals surface area contributed by atoms with Crippen LogP contribution in [0.25, 0.3) is 0 Å². The molecule has 19 heavy (non-hydrogen) atoms. The molecular formula is C12H20N4O3. The van der Waals surface area contributed by atoms with E-state index in [0.717, 1.165) is 19.3 Å². The van der Waals surface area contributed by atoms with Crippen molar-refractivity contribution in [2.75, 3.05) is 6.54 Å². The second kappa shape index (κ2) is 7.50. The highest BCUT2D eigenvalue weighted by molar-refractivity contribution is 5.75. The van der Waals surface area contributed by atoms with E-state index < -0.39 is 4.92 Å². The number of aromatic nitrogens is 2. The van der Waals surface area contributed by atoms with Gasteiger partial charge in [-0.1, -0.05) is 26.2 Å². The largest absolute Gasteiger partial charge is 0.354 e. The number of nitrogens with one attached hydrogen (secondary N) is 1. The first-order valence-electron chi connectivity index (χ1n) is 6.49. The second-order valence-electron chi connectivity index (χ2n) is 4.44. The maximum absolute atomic E-state index is 11.6. The first-order chi connectivity index (χ1) is 9.06. The molecule has 1 rings (SSSR count). The van der Waals surface area contributed by atoms with E-state index in [4.69, 9.17) is 0 Å². The predicted octanol–water partition coefficient (Wildman–Crippen LogP) is 1.80. The number of carbonyl (C=O) groups is 1. The summed E-state index contributed by atoms with van der Waals surface area (Å²) >= 11 is 0. The number of hydrogen-bond donors (Lipinski definition) is 1. The number of amides is 1. The van der Waals surface area contributed by atoms with Crippen LogP contribution in [-0.4, -0.2) is 27.2 Å². The summed E-state index contributed by atoms with van der Waals surface area (Å²) in [5, 5.41) is 17.3. The van der Waals surface area contributed by atoms with Crippen molar-refractivity contribution in [3.05, 3.63) is 22.0 Å². The van der Waals surface area contributed by atoms with Crippen LogP contribution in [0.1, 0.15) is 38.3 Å². The SMILES string of the molecule is CCCCCCNC(=O)Cn1ncc([N+](=O)[O-])c1C. The highest BCUT2D eigenvalue weighted by Crippen LogP contribution is 2.15. The van der Waals surface area contributed by atoms with Gasteiger partial charge in [0.25, 0.3) is 0 Å². The van der Waals surface area contributed by atoms with Gasteiger partial charge in [0.05, 0.1) is 4.92 Å². The van der Waals surface area contributed by atoms with Gasteiger partial charge in [-0.05, 0) is 13.3 Å². The maximum Gasteiger partial charge on any atom is 0.309 e. The molecule has 0 fully saturated rings. The van der Waals surface area contributed by atoms with Crippen LogP contribution in [0.4, 0.5) is 5.69 Å². The zero-order valence-electron chi connectivity index (χ0n) is 11.4. The number of nitro groups is 1. The molecule has 106 valence electrons. The average Bonchev–Trinajstić information content (AvgIpc) is 2.71. The second-order valence-corrected chi connectivity index (χ2v) is 4.44. The number of unbranched alkanes of at least 4 members (excludes halogenated alkanes) is 3. The Labute approximate surface area is 112 Å². The molecule has 0 aliphatic carbocycles. The molecule has 0 radical (unpaired) electrons. The van der Waals surface area contributed by atoms with Crippen molar-refractivity contribution in [3.63, 3.8) is 0 Å². The van der Waals surface area contributed by atoms with Crippen LogP contribution in [0.5, 0.6) is 0 Å². The van der Waals surface area contributed by atoms with E-state index in [1.54, 1.807) is 6.92 Å². The molecular weight excluding hydrogens is 248 g/mol. The molecule has 0 aliphatic rings. The molecule has 0 unspecified atom stereocenters. The van der Waals surface area contributed by atoms with E-state index in [2.05, 4.69) is 17.3 Å². The molecule has 0 aliphatic heterocycles. The smallest absolute Gasteiger partial charge is 0.309 e. The zero-order chi connectivity index (χ0) is 14.3. The Kier molecular flexibility index (Phi) is 5.98. The summed E-state index contributed by atoms with van der Waals surface area (Å²) in [6, 6.07) is 0. The summed E-state index contributed by atoms with van der Waals surface area (Å²) in [6.45, 7) is 4.38. The molecule has 0 saturated carbocycles. The summed E-state index contributed by atoms with van der Waals surface area (Å²) in [7, 11) is 0. The predicted molar refractivity (Wildman–Crippen MR) is 70.8 cm³/mol. The fourth-order valence-electron chi connectivity index (χ4n) is 1.75. The molecule has 1 aromatic heterocycles. The Morgan fingerprint density at radius 2 is 2.21 bits per heavy atom. The van der Waals surface area contributed by atoms with Gasteiger partial charge in [-0.25, -0.2) is 0 Å². The van der Waals surface area contributed by atoms with Gasteiger partial charge >= 0.3 is 5.69 Å². The fraction of sp³-hybridized carbons (Fsp3) is 0.667. The van der Waals surface area contributed by atoms with Gasteiger partial charge in [0.2, 0.25) is 5.91 Å². The molecule has 1 aromatic rings. The standard InChI is InChI=1S/C12H20N4O3/c1-3-4-5-6-7-13-12(17)9-15-10(2)11(8-14-15)16(18)19/h8H,3-7,9H2,1-2H3,(H,13,17). The lowest BCUT2D eigenvalue weighted by molar-refractivity contribution is -0.385. The Morgan fingerprint density at radius 3 is 2.79 bits per heavy atom. The van der Waals surface area contributed by atoms with Crippen LogP contribution in [0.15, 0.2) is 6.20 Å². The van der Waals surface area contributed by atoms with Gasteiger partial charge in [0.15, 0.2) is 0 Å². The van der Waals surface area contributed by atoms with Crippen LogP contribution in [0.3, 0.4) is 0 Å². The molecule has 1 N–H and O–H groups in total. The highest BCUT2D eigenvalue weighted by Gasteiger charge is 2.17. The number of rotatable bonds is 8. The lowest BCUT2D eigenvalue weighted by atomic mass is 10.2. The normalized spacial score (nSPS) is 10.4. The average molecular weight is 268 g/mol. The van der Waals surface area contributed by atoms with Gasteiger partial charge in [-0.15, -0.1) is 0 Å².